The number of rotatable bonds is 4. The summed E-state index contributed by atoms with van der Waals surface area (Å²) in [6, 6.07) is 6.11. The zero-order chi connectivity index (χ0) is 13.1. The van der Waals surface area contributed by atoms with E-state index in [-0.39, 0.29) is 12.4 Å². The number of aromatic nitrogens is 2. The third-order valence-corrected chi connectivity index (χ3v) is 4.29. The average molecular weight is 324 g/mol. The highest BCUT2D eigenvalue weighted by atomic mass is 35.5. The van der Waals surface area contributed by atoms with E-state index in [1.54, 1.807) is 28.9 Å². The number of halogens is 1. The molecule has 20 heavy (non-hydrogen) atoms. The van der Waals surface area contributed by atoms with Gasteiger partial charge in [0.05, 0.1) is 5.69 Å². The summed E-state index contributed by atoms with van der Waals surface area (Å²) in [5, 5.41) is 10.5. The van der Waals surface area contributed by atoms with Gasteiger partial charge in [-0.05, 0) is 40.9 Å². The van der Waals surface area contributed by atoms with Crippen LogP contribution in [-0.2, 0) is 6.42 Å². The van der Waals surface area contributed by atoms with Gasteiger partial charge in [-0.1, -0.05) is 6.07 Å². The molecule has 1 N–H and O–H groups in total. The lowest BCUT2D eigenvalue weighted by Crippen LogP contribution is -1.95. The van der Waals surface area contributed by atoms with Crippen molar-refractivity contribution in [1.82, 2.24) is 9.97 Å². The van der Waals surface area contributed by atoms with Gasteiger partial charge in [0.25, 0.3) is 0 Å². The largest absolute Gasteiger partial charge is 0.316 e. The van der Waals surface area contributed by atoms with Crippen LogP contribution < -0.4 is 5.32 Å². The lowest BCUT2D eigenvalue weighted by Gasteiger charge is -2.03. The van der Waals surface area contributed by atoms with E-state index in [0.29, 0.717) is 0 Å². The van der Waals surface area contributed by atoms with Crippen molar-refractivity contribution in [3.63, 3.8) is 0 Å². The molecule has 3 rings (SSSR count). The molecule has 0 unspecified atom stereocenters. The van der Waals surface area contributed by atoms with Gasteiger partial charge >= 0.3 is 0 Å². The topological polar surface area (TPSA) is 37.8 Å². The molecular weight excluding hydrogens is 310 g/mol. The fraction of sp³-hybridized carbons (Fsp3) is 0.143. The molecule has 0 atom stereocenters. The second-order valence-electron chi connectivity index (χ2n) is 4.25. The number of thiophene rings is 1. The van der Waals surface area contributed by atoms with Crippen molar-refractivity contribution in [2.24, 2.45) is 0 Å². The molecule has 104 valence electrons. The average Bonchev–Trinajstić information content (AvgIpc) is 3.05. The number of nitrogens with zero attached hydrogens (tertiary/aromatic N) is 2. The van der Waals surface area contributed by atoms with Crippen LogP contribution >= 0.6 is 35.1 Å². The Labute approximate surface area is 132 Å². The normalized spacial score (nSPS) is 10.1. The van der Waals surface area contributed by atoms with Crippen LogP contribution in [0.2, 0.25) is 0 Å². The molecule has 0 aromatic carbocycles. The van der Waals surface area contributed by atoms with Gasteiger partial charge in [0.2, 0.25) is 0 Å². The number of nitrogens with one attached hydrogen (secondary N) is 1. The van der Waals surface area contributed by atoms with Gasteiger partial charge < -0.3 is 5.32 Å². The van der Waals surface area contributed by atoms with Crippen LogP contribution in [0.15, 0.2) is 40.5 Å². The summed E-state index contributed by atoms with van der Waals surface area (Å²) in [5.41, 5.74) is 3.53. The van der Waals surface area contributed by atoms with Crippen molar-refractivity contribution < 1.29 is 0 Å². The molecule has 0 saturated carbocycles. The van der Waals surface area contributed by atoms with Gasteiger partial charge in [0.1, 0.15) is 5.82 Å². The number of hydrogen-bond acceptors (Lipinski definition) is 5. The molecule has 0 aliphatic carbocycles. The van der Waals surface area contributed by atoms with Crippen molar-refractivity contribution in [2.45, 2.75) is 13.3 Å². The maximum absolute atomic E-state index is 4.59. The highest BCUT2D eigenvalue weighted by Gasteiger charge is 2.05. The van der Waals surface area contributed by atoms with E-state index in [0.717, 1.165) is 28.6 Å². The van der Waals surface area contributed by atoms with Crippen molar-refractivity contribution in [2.75, 3.05) is 5.32 Å². The monoisotopic (exact) mass is 323 g/mol. The molecule has 3 heterocycles. The van der Waals surface area contributed by atoms with Crippen LogP contribution in [0.3, 0.4) is 0 Å². The summed E-state index contributed by atoms with van der Waals surface area (Å²) in [5.74, 6) is 0.874. The number of pyridine rings is 1. The van der Waals surface area contributed by atoms with E-state index < -0.39 is 0 Å². The second kappa shape index (κ2) is 6.83. The Morgan fingerprint density at radius 3 is 2.90 bits per heavy atom. The van der Waals surface area contributed by atoms with Gasteiger partial charge in [-0.15, -0.1) is 23.7 Å². The minimum atomic E-state index is 0. The van der Waals surface area contributed by atoms with Crippen molar-refractivity contribution in [3.05, 3.63) is 57.4 Å². The molecule has 3 aromatic rings. The summed E-state index contributed by atoms with van der Waals surface area (Å²) < 4.78 is 0. The van der Waals surface area contributed by atoms with Crippen molar-refractivity contribution in [1.29, 1.82) is 0 Å². The SMILES string of the molecule is Cc1cccnc1Nc1nc(Cc2ccsc2)cs1.Cl. The van der Waals surface area contributed by atoms with E-state index in [9.17, 15) is 0 Å². The van der Waals surface area contributed by atoms with Crippen molar-refractivity contribution in [3.8, 4) is 0 Å². The van der Waals surface area contributed by atoms with Crippen LogP contribution in [0, 0.1) is 6.92 Å². The fourth-order valence-corrected chi connectivity index (χ4v) is 3.14. The Hall–Kier alpha value is -1.43. The zero-order valence-electron chi connectivity index (χ0n) is 10.9. The summed E-state index contributed by atoms with van der Waals surface area (Å²) in [6.07, 6.45) is 2.68. The fourth-order valence-electron chi connectivity index (χ4n) is 1.77. The van der Waals surface area contributed by atoms with Gasteiger partial charge in [-0.2, -0.15) is 11.3 Å². The smallest absolute Gasteiger partial charge is 0.188 e. The lowest BCUT2D eigenvalue weighted by molar-refractivity contribution is 1.11. The third kappa shape index (κ3) is 3.56. The molecule has 0 spiro atoms. The molecule has 0 fully saturated rings. The molecule has 0 bridgehead atoms. The van der Waals surface area contributed by atoms with E-state index in [1.807, 2.05) is 19.1 Å². The first kappa shape index (κ1) is 15.0. The number of anilines is 2. The van der Waals surface area contributed by atoms with Gasteiger partial charge in [0.15, 0.2) is 5.13 Å². The molecule has 0 radical (unpaired) electrons. The quantitative estimate of drug-likeness (QED) is 0.758. The standard InChI is InChI=1S/C14H13N3S2.ClH/c1-10-3-2-5-15-13(10)17-14-16-12(9-19-14)7-11-4-6-18-8-11;/h2-6,8-9H,7H2,1H3,(H,15,16,17);1H. The molecule has 0 amide bonds. The summed E-state index contributed by atoms with van der Waals surface area (Å²) >= 11 is 3.34. The van der Waals surface area contributed by atoms with Crippen LogP contribution in [-0.4, -0.2) is 9.97 Å². The summed E-state index contributed by atoms with van der Waals surface area (Å²) in [7, 11) is 0. The predicted octanol–water partition coefficient (Wildman–Crippen LogP) is 4.66. The first-order chi connectivity index (χ1) is 9.31. The van der Waals surface area contributed by atoms with Crippen LogP contribution in [0.4, 0.5) is 10.9 Å². The first-order valence-electron chi connectivity index (χ1n) is 5.95. The molecule has 6 heteroatoms. The number of thiazole rings is 1. The predicted molar refractivity (Wildman–Crippen MR) is 88.7 cm³/mol. The molecule has 3 aromatic heterocycles. The number of hydrogen-bond donors (Lipinski definition) is 1. The van der Waals surface area contributed by atoms with Gasteiger partial charge in [0, 0.05) is 18.0 Å². The van der Waals surface area contributed by atoms with E-state index >= 15 is 0 Å². The summed E-state index contributed by atoms with van der Waals surface area (Å²) in [4.78, 5) is 8.91. The maximum Gasteiger partial charge on any atom is 0.188 e. The van der Waals surface area contributed by atoms with Crippen LogP contribution in [0.5, 0.6) is 0 Å². The van der Waals surface area contributed by atoms with Crippen molar-refractivity contribution >= 4 is 46.0 Å². The maximum atomic E-state index is 4.59. The van der Waals surface area contributed by atoms with Crippen LogP contribution in [0.25, 0.3) is 0 Å². The Morgan fingerprint density at radius 2 is 2.15 bits per heavy atom. The van der Waals surface area contributed by atoms with E-state index in [4.69, 9.17) is 0 Å². The number of aryl methyl sites for hydroxylation is 1. The minimum Gasteiger partial charge on any atom is -0.316 e. The Morgan fingerprint density at radius 1 is 1.25 bits per heavy atom. The molecule has 0 aliphatic rings. The Bertz CT molecular complexity index is 665. The van der Waals surface area contributed by atoms with E-state index in [2.05, 4.69) is 37.5 Å². The molecule has 3 nitrogen and oxygen atoms in total. The summed E-state index contributed by atoms with van der Waals surface area (Å²) in [6.45, 7) is 2.04. The highest BCUT2D eigenvalue weighted by Crippen LogP contribution is 2.23. The van der Waals surface area contributed by atoms with Crippen LogP contribution in [0.1, 0.15) is 16.8 Å². The first-order valence-corrected chi connectivity index (χ1v) is 7.77. The minimum absolute atomic E-state index is 0. The lowest BCUT2D eigenvalue weighted by atomic mass is 10.2. The molecule has 0 saturated heterocycles. The highest BCUT2D eigenvalue weighted by molar-refractivity contribution is 7.13. The molecular formula is C14H14ClN3S2. The van der Waals surface area contributed by atoms with E-state index in [1.165, 1.54) is 5.56 Å². The third-order valence-electron chi connectivity index (χ3n) is 2.75. The molecule has 0 aliphatic heterocycles. The second-order valence-corrected chi connectivity index (χ2v) is 5.88. The Balaban J connectivity index is 0.00000147. The Kier molecular flexibility index (Phi) is 5.11. The van der Waals surface area contributed by atoms with Gasteiger partial charge in [-0.3, -0.25) is 0 Å². The van der Waals surface area contributed by atoms with Gasteiger partial charge in [-0.25, -0.2) is 9.97 Å². The zero-order valence-corrected chi connectivity index (χ0v) is 13.3.